The van der Waals surface area contributed by atoms with Gasteiger partial charge >= 0.3 is 5.97 Å². The van der Waals surface area contributed by atoms with Crippen molar-refractivity contribution in [2.75, 3.05) is 6.54 Å². The Morgan fingerprint density at radius 2 is 1.43 bits per heavy atom. The average molecular weight is 521 g/mol. The molecule has 0 aromatic rings. The molecule has 0 radical (unpaired) electrons. The van der Waals surface area contributed by atoms with Gasteiger partial charge in [-0.15, -0.1) is 5.92 Å². The molecule has 0 fully saturated rings. The van der Waals surface area contributed by atoms with Crippen LogP contribution in [-0.2, 0) is 9.59 Å². The Morgan fingerprint density at radius 3 is 2.03 bits per heavy atom. The van der Waals surface area contributed by atoms with Gasteiger partial charge in [0.15, 0.2) is 5.96 Å². The van der Waals surface area contributed by atoms with E-state index in [2.05, 4.69) is 42.9 Å². The fourth-order valence-electron chi connectivity index (χ4n) is 4.30. The highest BCUT2D eigenvalue weighted by Crippen LogP contribution is 2.23. The summed E-state index contributed by atoms with van der Waals surface area (Å²) in [5.41, 5.74) is 10.6. The van der Waals surface area contributed by atoms with Crippen molar-refractivity contribution in [1.82, 2.24) is 5.32 Å². The SMILES string of the molecule is CCCCCCCCCCC(C)(C)C#CCCCCCCCCC(=O)NC(CCCN=C(N)N)C(=O)O. The molecule has 0 aliphatic heterocycles. The molecule has 0 aliphatic rings. The molecule has 0 saturated carbocycles. The number of guanidine groups is 1. The third-order valence-electron chi connectivity index (χ3n) is 6.62. The van der Waals surface area contributed by atoms with Crippen LogP contribution >= 0.6 is 0 Å². The maximum Gasteiger partial charge on any atom is 0.326 e. The lowest BCUT2D eigenvalue weighted by Crippen LogP contribution is -2.40. The van der Waals surface area contributed by atoms with Crippen LogP contribution in [-0.4, -0.2) is 35.5 Å². The topological polar surface area (TPSA) is 131 Å². The second kappa shape index (κ2) is 22.9. The Bertz CT molecular complexity index is 691. The molecule has 0 bridgehead atoms. The second-order valence-corrected chi connectivity index (χ2v) is 10.9. The number of nitrogens with one attached hydrogen (secondary N) is 1. The van der Waals surface area contributed by atoms with Gasteiger partial charge in [-0.3, -0.25) is 9.79 Å². The fraction of sp³-hybridized carbons (Fsp3) is 0.833. The molecule has 0 heterocycles. The summed E-state index contributed by atoms with van der Waals surface area (Å²) >= 11 is 0. The first-order chi connectivity index (χ1) is 17.7. The lowest BCUT2D eigenvalue weighted by molar-refractivity contribution is -0.142. The van der Waals surface area contributed by atoms with Gasteiger partial charge in [0.1, 0.15) is 6.04 Å². The van der Waals surface area contributed by atoms with Crippen LogP contribution in [0.5, 0.6) is 0 Å². The predicted octanol–water partition coefficient (Wildman–Crippen LogP) is 6.29. The largest absolute Gasteiger partial charge is 0.480 e. The van der Waals surface area contributed by atoms with E-state index >= 15 is 0 Å². The lowest BCUT2D eigenvalue weighted by Gasteiger charge is -2.17. The van der Waals surface area contributed by atoms with Crippen LogP contribution in [0.2, 0.25) is 0 Å². The molecule has 1 amide bonds. The van der Waals surface area contributed by atoms with Crippen LogP contribution in [0.3, 0.4) is 0 Å². The molecule has 0 aromatic heterocycles. The van der Waals surface area contributed by atoms with E-state index in [0.29, 0.717) is 25.8 Å². The number of aliphatic carboxylic acids is 1. The van der Waals surface area contributed by atoms with Gasteiger partial charge in [0.25, 0.3) is 0 Å². The molecular formula is C30H56N4O3. The number of carbonyl (C=O) groups excluding carboxylic acids is 1. The fourth-order valence-corrected chi connectivity index (χ4v) is 4.30. The number of aliphatic imine (C=N–C) groups is 1. The van der Waals surface area contributed by atoms with Gasteiger partial charge in [0.2, 0.25) is 5.91 Å². The number of nitrogens with two attached hydrogens (primary N) is 2. The number of rotatable bonds is 23. The van der Waals surface area contributed by atoms with Gasteiger partial charge in [-0.2, -0.15) is 0 Å². The lowest BCUT2D eigenvalue weighted by atomic mass is 9.87. The summed E-state index contributed by atoms with van der Waals surface area (Å²) in [6.45, 7) is 7.15. The van der Waals surface area contributed by atoms with E-state index in [0.717, 1.165) is 44.9 Å². The normalized spacial score (nSPS) is 11.9. The number of amides is 1. The number of carbonyl (C=O) groups is 2. The summed E-state index contributed by atoms with van der Waals surface area (Å²) in [6.07, 6.45) is 20.4. The van der Waals surface area contributed by atoms with E-state index in [4.69, 9.17) is 11.5 Å². The van der Waals surface area contributed by atoms with E-state index < -0.39 is 12.0 Å². The van der Waals surface area contributed by atoms with Gasteiger partial charge in [-0.1, -0.05) is 89.9 Å². The number of unbranched alkanes of at least 4 members (excludes halogenated alkanes) is 13. The van der Waals surface area contributed by atoms with Gasteiger partial charge in [0.05, 0.1) is 0 Å². The Balaban J connectivity index is 3.78. The van der Waals surface area contributed by atoms with Crippen molar-refractivity contribution in [3.05, 3.63) is 0 Å². The Hall–Kier alpha value is -2.23. The Labute approximate surface area is 227 Å². The van der Waals surface area contributed by atoms with Crippen LogP contribution in [0.1, 0.15) is 143 Å². The second-order valence-electron chi connectivity index (χ2n) is 10.9. The van der Waals surface area contributed by atoms with E-state index in [1.165, 1.54) is 57.8 Å². The van der Waals surface area contributed by atoms with Gasteiger partial charge in [-0.25, -0.2) is 4.79 Å². The highest BCUT2D eigenvalue weighted by molar-refractivity contribution is 5.83. The van der Waals surface area contributed by atoms with Crippen molar-refractivity contribution < 1.29 is 14.7 Å². The molecule has 1 unspecified atom stereocenters. The summed E-state index contributed by atoms with van der Waals surface area (Å²) in [5, 5.41) is 11.9. The minimum atomic E-state index is -1.03. The van der Waals surface area contributed by atoms with Gasteiger partial charge in [0, 0.05) is 24.8 Å². The minimum Gasteiger partial charge on any atom is -0.480 e. The van der Waals surface area contributed by atoms with Crippen molar-refractivity contribution in [2.24, 2.45) is 21.9 Å². The summed E-state index contributed by atoms with van der Waals surface area (Å²) in [7, 11) is 0. The highest BCUT2D eigenvalue weighted by atomic mass is 16.4. The van der Waals surface area contributed by atoms with Crippen LogP contribution in [0.4, 0.5) is 0 Å². The van der Waals surface area contributed by atoms with Crippen molar-refractivity contribution >= 4 is 17.8 Å². The van der Waals surface area contributed by atoms with E-state index in [9.17, 15) is 14.7 Å². The molecule has 0 aliphatic carbocycles. The predicted molar refractivity (Wildman–Crippen MR) is 155 cm³/mol. The number of hydrogen-bond donors (Lipinski definition) is 4. The van der Waals surface area contributed by atoms with Crippen LogP contribution in [0.25, 0.3) is 0 Å². The van der Waals surface area contributed by atoms with E-state index in [-0.39, 0.29) is 17.3 Å². The maximum atomic E-state index is 12.1. The smallest absolute Gasteiger partial charge is 0.326 e. The Morgan fingerprint density at radius 1 is 0.865 bits per heavy atom. The molecule has 0 spiro atoms. The zero-order chi connectivity index (χ0) is 27.8. The van der Waals surface area contributed by atoms with Gasteiger partial charge in [-0.05, 0) is 46.0 Å². The molecule has 0 saturated heterocycles. The van der Waals surface area contributed by atoms with Crippen LogP contribution in [0.15, 0.2) is 4.99 Å². The first kappa shape index (κ1) is 34.8. The number of hydrogen-bond acceptors (Lipinski definition) is 3. The molecule has 0 rings (SSSR count). The molecule has 7 heteroatoms. The first-order valence-electron chi connectivity index (χ1n) is 14.8. The zero-order valence-corrected chi connectivity index (χ0v) is 24.1. The zero-order valence-electron chi connectivity index (χ0n) is 24.1. The molecule has 7 nitrogen and oxygen atoms in total. The van der Waals surface area contributed by atoms with Crippen molar-refractivity contribution in [3.8, 4) is 11.8 Å². The quantitative estimate of drug-likeness (QED) is 0.0544. The van der Waals surface area contributed by atoms with Crippen LogP contribution in [0, 0.1) is 17.3 Å². The average Bonchev–Trinajstić information content (AvgIpc) is 2.83. The Kier molecular flexibility index (Phi) is 21.5. The summed E-state index contributed by atoms with van der Waals surface area (Å²) < 4.78 is 0. The number of nitrogens with zero attached hydrogens (tertiary/aromatic N) is 1. The summed E-state index contributed by atoms with van der Waals surface area (Å²) in [5.74, 6) is 5.63. The van der Waals surface area contributed by atoms with E-state index in [1.54, 1.807) is 0 Å². The summed E-state index contributed by atoms with van der Waals surface area (Å²) in [6, 6.07) is -0.895. The van der Waals surface area contributed by atoms with Crippen molar-refractivity contribution in [1.29, 1.82) is 0 Å². The van der Waals surface area contributed by atoms with Gasteiger partial charge < -0.3 is 21.9 Å². The molecular weight excluding hydrogens is 464 g/mol. The van der Waals surface area contributed by atoms with E-state index in [1.807, 2.05) is 0 Å². The van der Waals surface area contributed by atoms with Crippen molar-refractivity contribution in [2.45, 2.75) is 149 Å². The third-order valence-corrected chi connectivity index (χ3v) is 6.62. The molecule has 0 aromatic carbocycles. The minimum absolute atomic E-state index is 0.0165. The number of carboxylic acid groups (broad SMARTS) is 1. The maximum absolute atomic E-state index is 12.1. The summed E-state index contributed by atoms with van der Waals surface area (Å²) in [4.78, 5) is 27.2. The highest BCUT2D eigenvalue weighted by Gasteiger charge is 2.19. The van der Waals surface area contributed by atoms with Crippen LogP contribution < -0.4 is 16.8 Å². The molecule has 6 N–H and O–H groups in total. The standard InChI is InChI=1S/C30H56N4O3/c1-4-5-6-7-8-12-15-18-23-30(2,3)24-19-16-13-10-9-11-14-17-22-27(35)34-26(28(36)37)21-20-25-33-29(31)32/h26H,4-18,20-23,25H2,1-3H3,(H,34,35)(H,36,37)(H4,31,32,33). The molecule has 214 valence electrons. The third kappa shape index (κ3) is 23.9. The molecule has 37 heavy (non-hydrogen) atoms. The number of carboxylic acids is 1. The first-order valence-corrected chi connectivity index (χ1v) is 14.8. The van der Waals surface area contributed by atoms with Crippen molar-refractivity contribution in [3.63, 3.8) is 0 Å². The monoisotopic (exact) mass is 520 g/mol. The molecule has 1 atom stereocenters.